The first-order chi connectivity index (χ1) is 13.4. The van der Waals surface area contributed by atoms with Gasteiger partial charge in [-0.3, -0.25) is 19.3 Å². The number of carbonyl (C=O) groups is 3. The van der Waals surface area contributed by atoms with Crippen LogP contribution in [-0.4, -0.2) is 28.5 Å². The van der Waals surface area contributed by atoms with Crippen LogP contribution in [0.2, 0.25) is 0 Å². The molecule has 1 saturated heterocycles. The van der Waals surface area contributed by atoms with Crippen molar-refractivity contribution in [3.63, 3.8) is 0 Å². The lowest BCUT2D eigenvalue weighted by molar-refractivity contribution is -0.127. The molecule has 3 rings (SSSR count). The fraction of sp³-hybridized carbons (Fsp3) is 0.136. The van der Waals surface area contributed by atoms with E-state index in [1.807, 2.05) is 62.4 Å². The number of imide groups is 1. The van der Waals surface area contributed by atoms with Crippen molar-refractivity contribution in [1.29, 1.82) is 0 Å². The van der Waals surface area contributed by atoms with E-state index >= 15 is 0 Å². The normalized spacial score (nSPS) is 15.6. The molecule has 0 radical (unpaired) electrons. The molecule has 1 aliphatic rings. The minimum atomic E-state index is -0.456. The van der Waals surface area contributed by atoms with E-state index in [1.165, 1.54) is 0 Å². The van der Waals surface area contributed by atoms with Crippen LogP contribution in [0.25, 0.3) is 6.08 Å². The van der Waals surface area contributed by atoms with E-state index in [4.69, 9.17) is 0 Å². The molecule has 1 fully saturated rings. The number of allylic oxidation sites excluding steroid dienone is 2. The van der Waals surface area contributed by atoms with Crippen molar-refractivity contribution in [2.75, 3.05) is 11.9 Å². The van der Waals surface area contributed by atoms with E-state index in [2.05, 4.69) is 5.32 Å². The molecule has 0 saturated carbocycles. The number of anilines is 1. The summed E-state index contributed by atoms with van der Waals surface area (Å²) in [5, 5.41) is 2.28. The molecule has 0 aliphatic carbocycles. The molecule has 28 heavy (non-hydrogen) atoms. The Morgan fingerprint density at radius 1 is 1.07 bits per heavy atom. The monoisotopic (exact) mass is 392 g/mol. The van der Waals surface area contributed by atoms with Gasteiger partial charge in [0.15, 0.2) is 0 Å². The quantitative estimate of drug-likeness (QED) is 0.759. The fourth-order valence-electron chi connectivity index (χ4n) is 2.62. The Labute approximate surface area is 168 Å². The largest absolute Gasteiger partial charge is 0.325 e. The molecule has 0 bridgehead atoms. The molecule has 5 nitrogen and oxygen atoms in total. The standard InChI is InChI=1S/C22H20N2O3S/c1-15-11-12-18(13-16(15)2)23-20(25)14-24-21(26)19(28-22(24)27)10-6-9-17-7-4-3-5-8-17/h3-13H,14H2,1-2H3,(H,23,25)/b9-6+,19-10+. The molecular weight excluding hydrogens is 372 g/mol. The number of nitrogens with one attached hydrogen (secondary N) is 1. The maximum atomic E-state index is 12.4. The van der Waals surface area contributed by atoms with Gasteiger partial charge in [-0.25, -0.2) is 0 Å². The highest BCUT2D eigenvalue weighted by molar-refractivity contribution is 8.18. The zero-order valence-corrected chi connectivity index (χ0v) is 16.5. The van der Waals surface area contributed by atoms with Crippen LogP contribution in [0.15, 0.2) is 65.6 Å². The van der Waals surface area contributed by atoms with Gasteiger partial charge in [-0.05, 0) is 60.5 Å². The van der Waals surface area contributed by atoms with Crippen LogP contribution in [-0.2, 0) is 9.59 Å². The van der Waals surface area contributed by atoms with E-state index in [1.54, 1.807) is 18.2 Å². The van der Waals surface area contributed by atoms with Gasteiger partial charge in [0, 0.05) is 5.69 Å². The molecule has 1 heterocycles. The van der Waals surface area contributed by atoms with Crippen LogP contribution in [0, 0.1) is 13.8 Å². The lowest BCUT2D eigenvalue weighted by Crippen LogP contribution is -2.36. The van der Waals surface area contributed by atoms with E-state index in [0.717, 1.165) is 33.4 Å². The van der Waals surface area contributed by atoms with Crippen molar-refractivity contribution < 1.29 is 14.4 Å². The molecule has 3 amide bonds. The summed E-state index contributed by atoms with van der Waals surface area (Å²) in [4.78, 5) is 38.1. The lowest BCUT2D eigenvalue weighted by Gasteiger charge is -2.13. The van der Waals surface area contributed by atoms with E-state index < -0.39 is 17.1 Å². The van der Waals surface area contributed by atoms with Crippen molar-refractivity contribution in [2.24, 2.45) is 0 Å². The Bertz CT molecular complexity index is 981. The summed E-state index contributed by atoms with van der Waals surface area (Å²) in [7, 11) is 0. The number of aryl methyl sites for hydroxylation is 2. The summed E-state index contributed by atoms with van der Waals surface area (Å²) in [6, 6.07) is 15.2. The summed E-state index contributed by atoms with van der Waals surface area (Å²) in [6.07, 6.45) is 5.17. The molecule has 2 aromatic carbocycles. The molecule has 1 N–H and O–H groups in total. The van der Waals surface area contributed by atoms with Gasteiger partial charge in [-0.1, -0.05) is 48.6 Å². The number of hydrogen-bond donors (Lipinski definition) is 1. The summed E-state index contributed by atoms with van der Waals surface area (Å²) < 4.78 is 0. The van der Waals surface area contributed by atoms with Crippen LogP contribution >= 0.6 is 11.8 Å². The first-order valence-corrected chi connectivity index (χ1v) is 9.60. The maximum Gasteiger partial charge on any atom is 0.294 e. The predicted molar refractivity (Wildman–Crippen MR) is 113 cm³/mol. The zero-order chi connectivity index (χ0) is 20.1. The molecule has 0 spiro atoms. The fourth-order valence-corrected chi connectivity index (χ4v) is 3.41. The van der Waals surface area contributed by atoms with E-state index in [-0.39, 0.29) is 6.54 Å². The molecule has 142 valence electrons. The van der Waals surface area contributed by atoms with Crippen LogP contribution in [0.1, 0.15) is 16.7 Å². The topological polar surface area (TPSA) is 66.5 Å². The number of hydrogen-bond acceptors (Lipinski definition) is 4. The first kappa shape index (κ1) is 19.6. The van der Waals surface area contributed by atoms with Gasteiger partial charge in [-0.2, -0.15) is 0 Å². The second kappa shape index (κ2) is 8.71. The molecule has 0 atom stereocenters. The van der Waals surface area contributed by atoms with Gasteiger partial charge < -0.3 is 5.32 Å². The van der Waals surface area contributed by atoms with Gasteiger partial charge >= 0.3 is 0 Å². The van der Waals surface area contributed by atoms with Gasteiger partial charge in [-0.15, -0.1) is 0 Å². The van der Waals surface area contributed by atoms with Crippen molar-refractivity contribution >= 4 is 40.6 Å². The zero-order valence-electron chi connectivity index (χ0n) is 15.6. The SMILES string of the molecule is Cc1ccc(NC(=O)CN2C(=O)S/C(=C/C=C/c3ccccc3)C2=O)cc1C. The molecule has 1 aliphatic heterocycles. The maximum absolute atomic E-state index is 12.4. The molecule has 0 aromatic heterocycles. The Morgan fingerprint density at radius 3 is 2.54 bits per heavy atom. The van der Waals surface area contributed by atoms with Crippen LogP contribution in [0.3, 0.4) is 0 Å². The number of rotatable bonds is 5. The minimum absolute atomic E-state index is 0.302. The molecule has 2 aromatic rings. The van der Waals surface area contributed by atoms with Crippen molar-refractivity contribution in [3.05, 3.63) is 82.3 Å². The molecular formula is C22H20N2O3S. The minimum Gasteiger partial charge on any atom is -0.325 e. The Balaban J connectivity index is 1.63. The summed E-state index contributed by atoms with van der Waals surface area (Å²) in [5.74, 6) is -0.866. The summed E-state index contributed by atoms with van der Waals surface area (Å²) >= 11 is 0.837. The Morgan fingerprint density at radius 2 is 1.82 bits per heavy atom. The number of benzene rings is 2. The van der Waals surface area contributed by atoms with Crippen molar-refractivity contribution in [2.45, 2.75) is 13.8 Å². The van der Waals surface area contributed by atoms with Crippen LogP contribution < -0.4 is 5.32 Å². The average Bonchev–Trinajstić information content (AvgIpc) is 2.93. The van der Waals surface area contributed by atoms with Crippen molar-refractivity contribution in [1.82, 2.24) is 4.90 Å². The van der Waals surface area contributed by atoms with Crippen molar-refractivity contribution in [3.8, 4) is 0 Å². The Hall–Kier alpha value is -3.12. The van der Waals surface area contributed by atoms with Gasteiger partial charge in [0.1, 0.15) is 6.54 Å². The second-order valence-electron chi connectivity index (χ2n) is 6.41. The first-order valence-electron chi connectivity index (χ1n) is 8.78. The third kappa shape index (κ3) is 4.78. The van der Waals surface area contributed by atoms with Gasteiger partial charge in [0.25, 0.3) is 11.1 Å². The van der Waals surface area contributed by atoms with Crippen LogP contribution in [0.4, 0.5) is 10.5 Å². The molecule has 0 unspecified atom stereocenters. The number of amides is 3. The average molecular weight is 392 g/mol. The lowest BCUT2D eigenvalue weighted by atomic mass is 10.1. The van der Waals surface area contributed by atoms with Crippen LogP contribution in [0.5, 0.6) is 0 Å². The highest BCUT2D eigenvalue weighted by atomic mass is 32.2. The number of carbonyl (C=O) groups excluding carboxylic acids is 3. The predicted octanol–water partition coefficient (Wildman–Crippen LogP) is 4.53. The second-order valence-corrected chi connectivity index (χ2v) is 7.40. The number of nitrogens with zero attached hydrogens (tertiary/aromatic N) is 1. The van der Waals surface area contributed by atoms with E-state index in [0.29, 0.717) is 10.6 Å². The summed E-state index contributed by atoms with van der Waals surface area (Å²) in [5.41, 5.74) is 3.81. The summed E-state index contributed by atoms with van der Waals surface area (Å²) in [6.45, 7) is 3.63. The van der Waals surface area contributed by atoms with Gasteiger partial charge in [0.05, 0.1) is 4.91 Å². The smallest absolute Gasteiger partial charge is 0.294 e. The van der Waals surface area contributed by atoms with E-state index in [9.17, 15) is 14.4 Å². The Kier molecular flexibility index (Phi) is 6.11. The highest BCUT2D eigenvalue weighted by Crippen LogP contribution is 2.30. The highest BCUT2D eigenvalue weighted by Gasteiger charge is 2.35. The third-order valence-corrected chi connectivity index (χ3v) is 5.23. The molecule has 6 heteroatoms. The third-order valence-electron chi connectivity index (χ3n) is 4.30. The van der Waals surface area contributed by atoms with Gasteiger partial charge in [0.2, 0.25) is 5.91 Å². The number of thioether (sulfide) groups is 1.